The zero-order valence-corrected chi connectivity index (χ0v) is 26.2. The van der Waals surface area contributed by atoms with Crippen molar-refractivity contribution in [3.05, 3.63) is 36.2 Å². The summed E-state index contributed by atoms with van der Waals surface area (Å²) in [6, 6.07) is 4.63. The Kier molecular flexibility index (Phi) is 17.9. The second-order valence-corrected chi connectivity index (χ2v) is 11.5. The van der Waals surface area contributed by atoms with Gasteiger partial charge in [0.2, 0.25) is 10.0 Å². The van der Waals surface area contributed by atoms with Crippen LogP contribution in [0.1, 0.15) is 19.5 Å². The zero-order valence-electron chi connectivity index (χ0n) is 25.4. The van der Waals surface area contributed by atoms with Gasteiger partial charge in [-0.05, 0) is 30.2 Å². The number of benzene rings is 1. The third-order valence-electron chi connectivity index (χ3n) is 6.08. The van der Waals surface area contributed by atoms with Gasteiger partial charge < -0.3 is 28.4 Å². The molecule has 1 aromatic heterocycles. The molecule has 0 aliphatic carbocycles. The Morgan fingerprint density at radius 3 is 2.00 bits per heavy atom. The lowest BCUT2D eigenvalue weighted by molar-refractivity contribution is -0.134. The molecule has 0 saturated carbocycles. The Morgan fingerprint density at radius 2 is 1.50 bits per heavy atom. The van der Waals surface area contributed by atoms with Gasteiger partial charge in [-0.15, -0.1) is 5.10 Å². The van der Waals surface area contributed by atoms with E-state index < -0.39 is 34.6 Å². The number of rotatable bonds is 25. The van der Waals surface area contributed by atoms with Crippen molar-refractivity contribution in [2.75, 3.05) is 79.8 Å². The highest BCUT2D eigenvalue weighted by molar-refractivity contribution is 7.89. The van der Waals surface area contributed by atoms with E-state index in [0.29, 0.717) is 64.3 Å². The number of methoxy groups -OCH3 is 1. The summed E-state index contributed by atoms with van der Waals surface area (Å²) >= 11 is 0. The van der Waals surface area contributed by atoms with Gasteiger partial charge in [0.25, 0.3) is 5.91 Å². The molecule has 0 spiro atoms. The summed E-state index contributed by atoms with van der Waals surface area (Å²) in [6.45, 7) is 6.10. The van der Waals surface area contributed by atoms with Crippen molar-refractivity contribution in [1.29, 1.82) is 0 Å². The molecule has 0 saturated heterocycles. The van der Waals surface area contributed by atoms with Crippen LogP contribution >= 0.6 is 0 Å². The smallest absolute Gasteiger partial charge is 0.262 e. The number of sulfonamides is 1. The van der Waals surface area contributed by atoms with E-state index in [1.54, 1.807) is 25.5 Å². The molecule has 0 aliphatic heterocycles. The fraction of sp³-hybridized carbons (Fsp3) is 0.667. The molecule has 2 N–H and O–H groups in total. The van der Waals surface area contributed by atoms with E-state index in [2.05, 4.69) is 10.3 Å². The predicted octanol–water partition coefficient (Wildman–Crippen LogP) is 1.06. The van der Waals surface area contributed by atoms with E-state index in [-0.39, 0.29) is 31.2 Å². The van der Waals surface area contributed by atoms with Gasteiger partial charge in [-0.3, -0.25) is 14.7 Å². The fourth-order valence-electron chi connectivity index (χ4n) is 3.95. The number of aromatic nitrogens is 3. The summed E-state index contributed by atoms with van der Waals surface area (Å²) < 4.78 is 73.4. The molecule has 15 nitrogen and oxygen atoms in total. The highest BCUT2D eigenvalue weighted by Gasteiger charge is 2.37. The SMILES string of the molecule is COc1ccc(S(=O)(=O)N(CCn2cc(COCCOCCOCCOCCOCCF)nn2)[C@@H](C(=O)NO)C(C)C)cc1. The van der Waals surface area contributed by atoms with E-state index in [4.69, 9.17) is 28.4 Å². The Bertz CT molecular complexity index is 1170. The molecule has 1 heterocycles. The van der Waals surface area contributed by atoms with Crippen molar-refractivity contribution in [2.24, 2.45) is 5.92 Å². The van der Waals surface area contributed by atoms with Crippen molar-refractivity contribution in [3.8, 4) is 5.75 Å². The number of hydrogen-bond donors (Lipinski definition) is 2. The molecule has 17 heteroatoms. The number of alkyl halides is 1. The largest absolute Gasteiger partial charge is 0.497 e. The van der Waals surface area contributed by atoms with Crippen LogP contribution in [0.3, 0.4) is 0 Å². The highest BCUT2D eigenvalue weighted by Crippen LogP contribution is 2.24. The molecule has 0 fully saturated rings. The third kappa shape index (κ3) is 13.1. The van der Waals surface area contributed by atoms with Crippen LogP contribution in [-0.2, 0) is 51.7 Å². The van der Waals surface area contributed by atoms with Gasteiger partial charge in [0.15, 0.2) is 0 Å². The van der Waals surface area contributed by atoms with Gasteiger partial charge in [-0.25, -0.2) is 18.3 Å². The number of nitrogens with one attached hydrogen (secondary N) is 1. The Hall–Kier alpha value is -2.77. The van der Waals surface area contributed by atoms with Crippen LogP contribution in [0.15, 0.2) is 35.4 Å². The summed E-state index contributed by atoms with van der Waals surface area (Å²) in [6.07, 6.45) is 1.62. The molecule has 0 aliphatic rings. The molecule has 1 amide bonds. The highest BCUT2D eigenvalue weighted by atomic mass is 32.2. The van der Waals surface area contributed by atoms with Crippen LogP contribution in [0.4, 0.5) is 4.39 Å². The minimum absolute atomic E-state index is 0.0292. The Morgan fingerprint density at radius 1 is 0.955 bits per heavy atom. The number of carbonyl (C=O) groups is 1. The third-order valence-corrected chi connectivity index (χ3v) is 7.98. The van der Waals surface area contributed by atoms with Crippen LogP contribution in [-0.4, -0.2) is 125 Å². The first kappa shape index (κ1) is 37.4. The van der Waals surface area contributed by atoms with Crippen molar-refractivity contribution < 1.29 is 51.2 Å². The monoisotopic (exact) mass is 649 g/mol. The molecule has 250 valence electrons. The maximum atomic E-state index is 13.6. The number of halogens is 1. The normalized spacial score (nSPS) is 12.6. The number of amides is 1. The predicted molar refractivity (Wildman–Crippen MR) is 154 cm³/mol. The van der Waals surface area contributed by atoms with Gasteiger partial charge in [-0.2, -0.15) is 4.31 Å². The quantitative estimate of drug-likeness (QED) is 0.0891. The molecular formula is C27H44FN5O10S. The molecule has 2 rings (SSSR count). The van der Waals surface area contributed by atoms with Crippen LogP contribution < -0.4 is 10.2 Å². The van der Waals surface area contributed by atoms with E-state index in [0.717, 1.165) is 4.31 Å². The Balaban J connectivity index is 1.78. The minimum Gasteiger partial charge on any atom is -0.497 e. The minimum atomic E-state index is -4.15. The van der Waals surface area contributed by atoms with E-state index in [1.807, 2.05) is 0 Å². The fourth-order valence-corrected chi connectivity index (χ4v) is 5.66. The molecule has 1 aromatic carbocycles. The topological polar surface area (TPSA) is 173 Å². The van der Waals surface area contributed by atoms with Gasteiger partial charge in [0.1, 0.15) is 24.2 Å². The maximum absolute atomic E-state index is 13.6. The first-order chi connectivity index (χ1) is 21.2. The lowest BCUT2D eigenvalue weighted by Gasteiger charge is -2.31. The summed E-state index contributed by atoms with van der Waals surface area (Å²) in [5.41, 5.74) is 2.11. The van der Waals surface area contributed by atoms with Crippen molar-refractivity contribution >= 4 is 15.9 Å². The van der Waals surface area contributed by atoms with Gasteiger partial charge in [0.05, 0.1) is 90.8 Å². The van der Waals surface area contributed by atoms with Crippen LogP contribution in [0.5, 0.6) is 5.75 Å². The van der Waals surface area contributed by atoms with Gasteiger partial charge in [0, 0.05) is 6.54 Å². The lowest BCUT2D eigenvalue weighted by atomic mass is 10.0. The second kappa shape index (κ2) is 21.1. The molecule has 44 heavy (non-hydrogen) atoms. The first-order valence-corrected chi connectivity index (χ1v) is 15.6. The number of hydrogen-bond acceptors (Lipinski definition) is 12. The summed E-state index contributed by atoms with van der Waals surface area (Å²) in [7, 11) is -2.68. The van der Waals surface area contributed by atoms with Crippen LogP contribution in [0, 0.1) is 5.92 Å². The number of ether oxygens (including phenoxy) is 6. The average Bonchev–Trinajstić information content (AvgIpc) is 3.48. The zero-order chi connectivity index (χ0) is 32.2. The molecule has 0 bridgehead atoms. The molecular weight excluding hydrogens is 605 g/mol. The number of carbonyl (C=O) groups excluding carboxylic acids is 1. The molecule has 0 radical (unpaired) electrons. The lowest BCUT2D eigenvalue weighted by Crippen LogP contribution is -2.52. The van der Waals surface area contributed by atoms with Crippen LogP contribution in [0.25, 0.3) is 0 Å². The van der Waals surface area contributed by atoms with Crippen LogP contribution in [0.2, 0.25) is 0 Å². The number of nitrogens with zero attached hydrogens (tertiary/aromatic N) is 4. The van der Waals surface area contributed by atoms with Crippen molar-refractivity contribution in [2.45, 2.75) is 37.9 Å². The van der Waals surface area contributed by atoms with E-state index in [9.17, 15) is 22.8 Å². The van der Waals surface area contributed by atoms with Gasteiger partial charge >= 0.3 is 0 Å². The summed E-state index contributed by atoms with van der Waals surface area (Å²) in [5.74, 6) is -0.821. The van der Waals surface area contributed by atoms with Crippen molar-refractivity contribution in [1.82, 2.24) is 24.8 Å². The summed E-state index contributed by atoms with van der Waals surface area (Å²) in [5, 5.41) is 17.4. The standard InChI is InChI=1S/C27H44FN5O10S/c1-22(2)26(27(34)30-35)33(44(36,37)25-6-4-24(38-3)5-7-25)10-9-32-20-23(29-31-32)21-43-19-18-42-17-16-41-15-14-40-13-12-39-11-8-28/h4-7,20,22,26,35H,8-19,21H2,1-3H3,(H,30,34)/t26-/m1/s1. The summed E-state index contributed by atoms with van der Waals surface area (Å²) in [4.78, 5) is 12.5. The second-order valence-electron chi connectivity index (χ2n) is 9.62. The Labute approximate surface area is 257 Å². The van der Waals surface area contributed by atoms with Gasteiger partial charge in [-0.1, -0.05) is 19.1 Å². The molecule has 2 aromatic rings. The average molecular weight is 650 g/mol. The molecule has 0 unspecified atom stereocenters. The number of hydroxylamine groups is 1. The maximum Gasteiger partial charge on any atom is 0.262 e. The van der Waals surface area contributed by atoms with Crippen molar-refractivity contribution in [3.63, 3.8) is 0 Å². The first-order valence-electron chi connectivity index (χ1n) is 14.2. The molecule has 1 atom stereocenters. The van der Waals surface area contributed by atoms with E-state index in [1.165, 1.54) is 36.1 Å². The van der Waals surface area contributed by atoms with E-state index >= 15 is 0 Å².